The van der Waals surface area contributed by atoms with E-state index in [0.29, 0.717) is 12.2 Å². The zero-order chi connectivity index (χ0) is 16.7. The van der Waals surface area contributed by atoms with Crippen molar-refractivity contribution in [2.45, 2.75) is 11.4 Å². The molecule has 0 aromatic heterocycles. The summed E-state index contributed by atoms with van der Waals surface area (Å²) >= 11 is 0. The Morgan fingerprint density at radius 3 is 2.52 bits per heavy atom. The molecule has 0 saturated heterocycles. The van der Waals surface area contributed by atoms with Crippen molar-refractivity contribution in [3.8, 4) is 6.07 Å². The molecule has 0 aliphatic rings. The SMILES string of the molecule is COCCN(Cc1ccccc1)S(=O)(=O)c1cccc(C#N)c1. The first kappa shape index (κ1) is 17.2. The first-order valence-corrected chi connectivity index (χ1v) is 8.55. The van der Waals surface area contributed by atoms with Crippen molar-refractivity contribution >= 4 is 10.0 Å². The first-order chi connectivity index (χ1) is 11.1. The van der Waals surface area contributed by atoms with Crippen LogP contribution in [0.15, 0.2) is 59.5 Å². The summed E-state index contributed by atoms with van der Waals surface area (Å²) in [5, 5.41) is 8.96. The second kappa shape index (κ2) is 7.88. The van der Waals surface area contributed by atoms with E-state index in [9.17, 15) is 8.42 Å². The molecule has 0 aliphatic carbocycles. The molecule has 0 saturated carbocycles. The van der Waals surface area contributed by atoms with E-state index in [-0.39, 0.29) is 18.0 Å². The molecule has 2 rings (SSSR count). The van der Waals surface area contributed by atoms with Gasteiger partial charge in [-0.1, -0.05) is 36.4 Å². The van der Waals surface area contributed by atoms with Crippen LogP contribution in [0.3, 0.4) is 0 Å². The van der Waals surface area contributed by atoms with Crippen molar-refractivity contribution in [1.82, 2.24) is 4.31 Å². The Morgan fingerprint density at radius 2 is 1.87 bits per heavy atom. The van der Waals surface area contributed by atoms with Gasteiger partial charge in [-0.2, -0.15) is 9.57 Å². The maximum atomic E-state index is 12.9. The average molecular weight is 330 g/mol. The Morgan fingerprint density at radius 1 is 1.13 bits per heavy atom. The number of ether oxygens (including phenoxy) is 1. The average Bonchev–Trinajstić information content (AvgIpc) is 2.59. The molecule has 23 heavy (non-hydrogen) atoms. The lowest BCUT2D eigenvalue weighted by Gasteiger charge is -2.22. The van der Waals surface area contributed by atoms with E-state index in [0.717, 1.165) is 5.56 Å². The molecule has 0 heterocycles. The third kappa shape index (κ3) is 4.39. The molecule has 0 atom stereocenters. The summed E-state index contributed by atoms with van der Waals surface area (Å²) in [4.78, 5) is 0.114. The van der Waals surface area contributed by atoms with Gasteiger partial charge in [0.05, 0.1) is 23.1 Å². The number of nitrogens with zero attached hydrogens (tertiary/aromatic N) is 2. The predicted octanol–water partition coefficient (Wildman–Crippen LogP) is 2.40. The topological polar surface area (TPSA) is 70.4 Å². The van der Waals surface area contributed by atoms with Gasteiger partial charge in [0.1, 0.15) is 0 Å². The molecule has 0 bridgehead atoms. The summed E-state index contributed by atoms with van der Waals surface area (Å²) < 4.78 is 32.1. The fraction of sp³-hybridized carbons (Fsp3) is 0.235. The van der Waals surface area contributed by atoms with Gasteiger partial charge in [-0.05, 0) is 23.8 Å². The van der Waals surface area contributed by atoms with Gasteiger partial charge in [0.15, 0.2) is 0 Å². The van der Waals surface area contributed by atoms with Crippen molar-refractivity contribution in [1.29, 1.82) is 5.26 Å². The van der Waals surface area contributed by atoms with Crippen LogP contribution >= 0.6 is 0 Å². The highest BCUT2D eigenvalue weighted by molar-refractivity contribution is 7.89. The van der Waals surface area contributed by atoms with Crippen LogP contribution in [-0.4, -0.2) is 33.0 Å². The number of sulfonamides is 1. The highest BCUT2D eigenvalue weighted by atomic mass is 32.2. The van der Waals surface area contributed by atoms with E-state index in [2.05, 4.69) is 0 Å². The number of benzene rings is 2. The quantitative estimate of drug-likeness (QED) is 0.781. The van der Waals surface area contributed by atoms with E-state index < -0.39 is 10.0 Å². The van der Waals surface area contributed by atoms with E-state index >= 15 is 0 Å². The lowest BCUT2D eigenvalue weighted by molar-refractivity contribution is 0.177. The molecule has 5 nitrogen and oxygen atoms in total. The normalized spacial score (nSPS) is 11.3. The molecule has 2 aromatic rings. The van der Waals surface area contributed by atoms with E-state index in [1.807, 2.05) is 36.4 Å². The van der Waals surface area contributed by atoms with E-state index in [4.69, 9.17) is 10.00 Å². The van der Waals surface area contributed by atoms with Gasteiger partial charge in [-0.3, -0.25) is 0 Å². The summed E-state index contributed by atoms with van der Waals surface area (Å²) in [6.07, 6.45) is 0. The molecule has 120 valence electrons. The molecule has 2 aromatic carbocycles. The van der Waals surface area contributed by atoms with E-state index in [1.165, 1.54) is 23.5 Å². The lowest BCUT2D eigenvalue weighted by atomic mass is 10.2. The minimum Gasteiger partial charge on any atom is -0.383 e. The third-order valence-electron chi connectivity index (χ3n) is 3.35. The smallest absolute Gasteiger partial charge is 0.243 e. The highest BCUT2D eigenvalue weighted by Crippen LogP contribution is 2.19. The van der Waals surface area contributed by atoms with Gasteiger partial charge in [0.2, 0.25) is 10.0 Å². The van der Waals surface area contributed by atoms with Gasteiger partial charge >= 0.3 is 0 Å². The van der Waals surface area contributed by atoms with Crippen LogP contribution in [-0.2, 0) is 21.3 Å². The fourth-order valence-electron chi connectivity index (χ4n) is 2.14. The maximum absolute atomic E-state index is 12.9. The third-order valence-corrected chi connectivity index (χ3v) is 5.19. The molecule has 0 unspecified atom stereocenters. The molecule has 0 fully saturated rings. The molecule has 0 radical (unpaired) electrons. The fourth-order valence-corrected chi connectivity index (χ4v) is 3.60. The second-order valence-corrected chi connectivity index (χ2v) is 6.89. The minimum absolute atomic E-state index is 0.114. The van der Waals surface area contributed by atoms with E-state index in [1.54, 1.807) is 12.1 Å². The molecule has 6 heteroatoms. The van der Waals surface area contributed by atoms with Crippen molar-refractivity contribution in [3.63, 3.8) is 0 Å². The van der Waals surface area contributed by atoms with Crippen LogP contribution in [0.4, 0.5) is 0 Å². The van der Waals surface area contributed by atoms with Gasteiger partial charge in [0, 0.05) is 20.2 Å². The summed E-state index contributed by atoms with van der Waals surface area (Å²) in [6.45, 7) is 0.790. The van der Waals surface area contributed by atoms with Crippen LogP contribution in [0.5, 0.6) is 0 Å². The van der Waals surface area contributed by atoms with Gasteiger partial charge in [0.25, 0.3) is 0 Å². The number of hydrogen-bond donors (Lipinski definition) is 0. The Bertz CT molecular complexity index is 783. The Labute approximate surface area is 136 Å². The summed E-state index contributed by atoms with van der Waals surface area (Å²) in [5.74, 6) is 0. The van der Waals surface area contributed by atoms with Crippen LogP contribution in [0.25, 0.3) is 0 Å². The van der Waals surface area contributed by atoms with Gasteiger partial charge in [-0.15, -0.1) is 0 Å². The number of rotatable bonds is 7. The van der Waals surface area contributed by atoms with Crippen molar-refractivity contribution in [2.24, 2.45) is 0 Å². The van der Waals surface area contributed by atoms with Crippen LogP contribution < -0.4 is 0 Å². The lowest BCUT2D eigenvalue weighted by Crippen LogP contribution is -2.33. The van der Waals surface area contributed by atoms with Gasteiger partial charge in [-0.25, -0.2) is 8.42 Å². The standard InChI is InChI=1S/C17H18N2O3S/c1-22-11-10-19(14-15-6-3-2-4-7-15)23(20,21)17-9-5-8-16(12-17)13-18/h2-9,12H,10-11,14H2,1H3. The Kier molecular flexibility index (Phi) is 5.88. The Hall–Kier alpha value is -2.20. The van der Waals surface area contributed by atoms with Crippen LogP contribution in [0, 0.1) is 11.3 Å². The summed E-state index contributed by atoms with van der Waals surface area (Å²) in [7, 11) is -2.17. The van der Waals surface area contributed by atoms with Crippen molar-refractivity contribution in [2.75, 3.05) is 20.3 Å². The molecular weight excluding hydrogens is 312 g/mol. The molecule has 0 aliphatic heterocycles. The van der Waals surface area contributed by atoms with Crippen molar-refractivity contribution < 1.29 is 13.2 Å². The second-order valence-electron chi connectivity index (χ2n) is 4.96. The van der Waals surface area contributed by atoms with Crippen LogP contribution in [0.1, 0.15) is 11.1 Å². The number of methoxy groups -OCH3 is 1. The zero-order valence-corrected chi connectivity index (χ0v) is 13.7. The largest absolute Gasteiger partial charge is 0.383 e. The Balaban J connectivity index is 2.34. The van der Waals surface area contributed by atoms with Gasteiger partial charge < -0.3 is 4.74 Å². The first-order valence-electron chi connectivity index (χ1n) is 7.11. The molecule has 0 spiro atoms. The minimum atomic E-state index is -3.70. The monoisotopic (exact) mass is 330 g/mol. The number of hydrogen-bond acceptors (Lipinski definition) is 4. The predicted molar refractivity (Wildman–Crippen MR) is 87.1 cm³/mol. The zero-order valence-electron chi connectivity index (χ0n) is 12.8. The highest BCUT2D eigenvalue weighted by Gasteiger charge is 2.24. The van der Waals surface area contributed by atoms with Crippen molar-refractivity contribution in [3.05, 3.63) is 65.7 Å². The molecule has 0 amide bonds. The summed E-state index contributed by atoms with van der Waals surface area (Å²) in [6, 6.07) is 17.4. The maximum Gasteiger partial charge on any atom is 0.243 e. The number of nitriles is 1. The van der Waals surface area contributed by atoms with Crippen LogP contribution in [0.2, 0.25) is 0 Å². The molecular formula is C17H18N2O3S. The molecule has 0 N–H and O–H groups in total. The summed E-state index contributed by atoms with van der Waals surface area (Å²) in [5.41, 5.74) is 1.21.